The molecule has 1 aromatic heterocycles. The second-order valence-corrected chi connectivity index (χ2v) is 5.58. The van der Waals surface area contributed by atoms with E-state index in [2.05, 4.69) is 15.1 Å². The minimum Gasteiger partial charge on any atom is -0.399 e. The lowest BCUT2D eigenvalue weighted by Crippen LogP contribution is -2.41. The van der Waals surface area contributed by atoms with Crippen LogP contribution in [0.4, 0.5) is 0 Å². The molecule has 0 saturated carbocycles. The van der Waals surface area contributed by atoms with E-state index in [1.54, 1.807) is 10.9 Å². The van der Waals surface area contributed by atoms with Gasteiger partial charge in [-0.2, -0.15) is 5.10 Å². The Kier molecular flexibility index (Phi) is 3.58. The SMILES string of the molecule is CC1(C)OB(c2cnn(CCN=[N+]=[N-])c2)OC1(C)C. The number of aromatic nitrogens is 2. The van der Waals surface area contributed by atoms with Crippen LogP contribution in [0.25, 0.3) is 10.4 Å². The standard InChI is InChI=1S/C11H18BN5O2/c1-10(2)11(3,4)19-12(18-10)9-7-15-17(8-9)6-5-14-16-13/h7-8H,5-6H2,1-4H3. The normalized spacial score (nSPS) is 20.3. The van der Waals surface area contributed by atoms with Crippen molar-refractivity contribution in [3.05, 3.63) is 22.8 Å². The van der Waals surface area contributed by atoms with Crippen molar-refractivity contribution in [1.82, 2.24) is 9.78 Å². The fourth-order valence-corrected chi connectivity index (χ4v) is 1.79. The van der Waals surface area contributed by atoms with Crippen LogP contribution in [0.3, 0.4) is 0 Å². The maximum Gasteiger partial charge on any atom is 0.498 e. The molecule has 1 aliphatic rings. The van der Waals surface area contributed by atoms with Crippen molar-refractivity contribution in [2.45, 2.75) is 45.4 Å². The minimum atomic E-state index is -0.404. The molecular formula is C11H18BN5O2. The molecular weight excluding hydrogens is 245 g/mol. The quantitative estimate of drug-likeness (QED) is 0.357. The largest absolute Gasteiger partial charge is 0.498 e. The highest BCUT2D eigenvalue weighted by Gasteiger charge is 2.52. The fourth-order valence-electron chi connectivity index (χ4n) is 1.79. The summed E-state index contributed by atoms with van der Waals surface area (Å²) < 4.78 is 13.6. The third kappa shape index (κ3) is 2.75. The molecule has 8 heteroatoms. The van der Waals surface area contributed by atoms with Crippen LogP contribution in [0.5, 0.6) is 0 Å². The Morgan fingerprint density at radius 1 is 1.37 bits per heavy atom. The molecule has 0 atom stereocenters. The summed E-state index contributed by atoms with van der Waals surface area (Å²) in [6.45, 7) is 8.97. The first-order chi connectivity index (χ1) is 8.86. The molecule has 0 aromatic carbocycles. The average molecular weight is 263 g/mol. The Hall–Kier alpha value is -1.50. The molecule has 0 bridgehead atoms. The highest BCUT2D eigenvalue weighted by atomic mass is 16.7. The predicted octanol–water partition coefficient (Wildman–Crippen LogP) is 1.49. The van der Waals surface area contributed by atoms with Crippen molar-refractivity contribution >= 4 is 12.6 Å². The Morgan fingerprint density at radius 3 is 2.58 bits per heavy atom. The van der Waals surface area contributed by atoms with Gasteiger partial charge in [0.2, 0.25) is 0 Å². The van der Waals surface area contributed by atoms with E-state index in [9.17, 15) is 0 Å². The fraction of sp³-hybridized carbons (Fsp3) is 0.727. The van der Waals surface area contributed by atoms with Crippen LogP contribution in [-0.2, 0) is 15.9 Å². The third-order valence-electron chi connectivity index (χ3n) is 3.67. The summed E-state index contributed by atoms with van der Waals surface area (Å²) in [5, 5.41) is 7.68. The van der Waals surface area contributed by atoms with Crippen molar-refractivity contribution in [3.63, 3.8) is 0 Å². The lowest BCUT2D eigenvalue weighted by atomic mass is 9.82. The second kappa shape index (κ2) is 4.88. The smallest absolute Gasteiger partial charge is 0.399 e. The van der Waals surface area contributed by atoms with Gasteiger partial charge in [-0.15, -0.1) is 0 Å². The first-order valence-electron chi connectivity index (χ1n) is 6.24. The Balaban J connectivity index is 2.06. The molecule has 7 nitrogen and oxygen atoms in total. The Bertz CT molecular complexity index is 491. The van der Waals surface area contributed by atoms with E-state index in [0.29, 0.717) is 13.1 Å². The molecule has 2 rings (SSSR count). The van der Waals surface area contributed by atoms with Gasteiger partial charge in [0.25, 0.3) is 0 Å². The van der Waals surface area contributed by atoms with E-state index in [1.807, 2.05) is 33.9 Å². The maximum absolute atomic E-state index is 8.23. The van der Waals surface area contributed by atoms with Crippen molar-refractivity contribution in [1.29, 1.82) is 0 Å². The molecule has 102 valence electrons. The number of hydrogen-bond donors (Lipinski definition) is 0. The predicted molar refractivity (Wildman–Crippen MR) is 72.0 cm³/mol. The van der Waals surface area contributed by atoms with Crippen LogP contribution in [0.2, 0.25) is 0 Å². The van der Waals surface area contributed by atoms with E-state index < -0.39 is 7.12 Å². The average Bonchev–Trinajstić information content (AvgIpc) is 2.83. The molecule has 1 aromatic rings. The zero-order valence-electron chi connectivity index (χ0n) is 11.7. The van der Waals surface area contributed by atoms with E-state index in [0.717, 1.165) is 5.46 Å². The first kappa shape index (κ1) is 13.9. The van der Waals surface area contributed by atoms with Gasteiger partial charge in [0.15, 0.2) is 0 Å². The summed E-state index contributed by atoms with van der Waals surface area (Å²) >= 11 is 0. The third-order valence-corrected chi connectivity index (χ3v) is 3.67. The van der Waals surface area contributed by atoms with Gasteiger partial charge < -0.3 is 9.31 Å². The Labute approximate surface area is 112 Å². The first-order valence-corrected chi connectivity index (χ1v) is 6.24. The molecule has 2 heterocycles. The van der Waals surface area contributed by atoms with E-state index in [4.69, 9.17) is 14.8 Å². The minimum absolute atomic E-state index is 0.356. The van der Waals surface area contributed by atoms with Crippen LogP contribution >= 0.6 is 0 Å². The van der Waals surface area contributed by atoms with Crippen LogP contribution in [0.15, 0.2) is 17.5 Å². The zero-order valence-corrected chi connectivity index (χ0v) is 11.7. The van der Waals surface area contributed by atoms with Gasteiger partial charge in [-0.25, -0.2) is 0 Å². The van der Waals surface area contributed by atoms with Gasteiger partial charge in [-0.05, 0) is 33.2 Å². The molecule has 0 N–H and O–H groups in total. The van der Waals surface area contributed by atoms with Gasteiger partial charge in [-0.3, -0.25) is 4.68 Å². The molecule has 19 heavy (non-hydrogen) atoms. The van der Waals surface area contributed by atoms with Gasteiger partial charge >= 0.3 is 7.12 Å². The summed E-state index contributed by atoms with van der Waals surface area (Å²) in [4.78, 5) is 2.71. The Morgan fingerprint density at radius 2 is 2.00 bits per heavy atom. The summed E-state index contributed by atoms with van der Waals surface area (Å²) in [5.41, 5.74) is 8.39. The number of nitrogens with zero attached hydrogens (tertiary/aromatic N) is 5. The summed E-state index contributed by atoms with van der Waals surface area (Å²) in [6, 6.07) is 0. The summed E-state index contributed by atoms with van der Waals surface area (Å²) in [5.74, 6) is 0. The topological polar surface area (TPSA) is 85.0 Å². The van der Waals surface area contributed by atoms with Gasteiger partial charge in [0.1, 0.15) is 0 Å². The number of rotatable bonds is 4. The molecule has 1 saturated heterocycles. The van der Waals surface area contributed by atoms with Crippen molar-refractivity contribution in [2.24, 2.45) is 5.11 Å². The lowest BCUT2D eigenvalue weighted by molar-refractivity contribution is 0.00578. The molecule has 0 aliphatic carbocycles. The van der Waals surface area contributed by atoms with Gasteiger partial charge in [-0.1, -0.05) is 5.11 Å². The van der Waals surface area contributed by atoms with Crippen LogP contribution in [-0.4, -0.2) is 34.6 Å². The summed E-state index contributed by atoms with van der Waals surface area (Å²) in [7, 11) is -0.404. The van der Waals surface area contributed by atoms with Crippen molar-refractivity contribution in [3.8, 4) is 0 Å². The molecule has 0 unspecified atom stereocenters. The van der Waals surface area contributed by atoms with Gasteiger partial charge in [0, 0.05) is 35.9 Å². The number of azide groups is 1. The van der Waals surface area contributed by atoms with E-state index >= 15 is 0 Å². The highest BCUT2D eigenvalue weighted by Crippen LogP contribution is 2.36. The molecule has 0 radical (unpaired) electrons. The van der Waals surface area contributed by atoms with E-state index in [-0.39, 0.29) is 11.2 Å². The summed E-state index contributed by atoms with van der Waals surface area (Å²) in [6.07, 6.45) is 3.58. The van der Waals surface area contributed by atoms with Crippen LogP contribution in [0.1, 0.15) is 27.7 Å². The second-order valence-electron chi connectivity index (χ2n) is 5.58. The van der Waals surface area contributed by atoms with Crippen molar-refractivity contribution in [2.75, 3.05) is 6.54 Å². The molecule has 1 fully saturated rings. The van der Waals surface area contributed by atoms with Crippen molar-refractivity contribution < 1.29 is 9.31 Å². The number of hydrogen-bond acceptors (Lipinski definition) is 4. The monoisotopic (exact) mass is 263 g/mol. The van der Waals surface area contributed by atoms with E-state index in [1.165, 1.54) is 0 Å². The molecule has 0 amide bonds. The van der Waals surface area contributed by atoms with Crippen LogP contribution < -0.4 is 5.46 Å². The van der Waals surface area contributed by atoms with Crippen LogP contribution in [0, 0.1) is 0 Å². The maximum atomic E-state index is 8.23. The van der Waals surface area contributed by atoms with Gasteiger partial charge in [0.05, 0.1) is 11.2 Å². The zero-order chi connectivity index (χ0) is 14.1. The molecule has 1 aliphatic heterocycles. The highest BCUT2D eigenvalue weighted by molar-refractivity contribution is 6.61. The molecule has 0 spiro atoms. The lowest BCUT2D eigenvalue weighted by Gasteiger charge is -2.32.